The topological polar surface area (TPSA) is 26.0 Å². The smallest absolute Gasteiger partial charge is 0.0409 e. The molecule has 0 heterocycles. The fourth-order valence-corrected chi connectivity index (χ4v) is 2.83. The molecule has 1 nitrogen and oxygen atoms in total. The molecular weight excluding hydrogens is 194 g/mol. The Balaban J connectivity index is 2.32. The standard InChI is InChI=1S/C15H23N/c1-3-13-11-14(8-7-12(13)2)15(16)9-5-4-6-10-15/h7-8,11H,3-6,9-10,16H2,1-2H3. The van der Waals surface area contributed by atoms with Gasteiger partial charge in [-0.2, -0.15) is 0 Å². The normalized spacial score (nSPS) is 19.7. The number of nitrogens with two attached hydrogens (primary N) is 1. The summed E-state index contributed by atoms with van der Waals surface area (Å²) in [5.41, 5.74) is 10.7. The van der Waals surface area contributed by atoms with E-state index in [1.807, 2.05) is 0 Å². The molecule has 0 amide bonds. The van der Waals surface area contributed by atoms with Gasteiger partial charge in [0.25, 0.3) is 0 Å². The summed E-state index contributed by atoms with van der Waals surface area (Å²) in [4.78, 5) is 0. The summed E-state index contributed by atoms with van der Waals surface area (Å²) in [6, 6.07) is 6.80. The fourth-order valence-electron chi connectivity index (χ4n) is 2.83. The van der Waals surface area contributed by atoms with E-state index in [1.165, 1.54) is 36.0 Å². The number of aryl methyl sites for hydroxylation is 2. The van der Waals surface area contributed by atoms with Crippen molar-refractivity contribution in [2.75, 3.05) is 0 Å². The van der Waals surface area contributed by atoms with E-state index in [1.54, 1.807) is 0 Å². The summed E-state index contributed by atoms with van der Waals surface area (Å²) in [7, 11) is 0. The van der Waals surface area contributed by atoms with E-state index < -0.39 is 0 Å². The van der Waals surface area contributed by atoms with Gasteiger partial charge in [0.2, 0.25) is 0 Å². The van der Waals surface area contributed by atoms with E-state index in [-0.39, 0.29) is 5.54 Å². The Kier molecular flexibility index (Phi) is 3.34. The minimum Gasteiger partial charge on any atom is -0.321 e. The predicted molar refractivity (Wildman–Crippen MR) is 69.5 cm³/mol. The highest BCUT2D eigenvalue weighted by atomic mass is 14.7. The molecule has 1 heteroatoms. The van der Waals surface area contributed by atoms with Crippen LogP contribution >= 0.6 is 0 Å². The molecule has 88 valence electrons. The highest BCUT2D eigenvalue weighted by Crippen LogP contribution is 2.35. The van der Waals surface area contributed by atoms with Crippen molar-refractivity contribution in [2.24, 2.45) is 5.73 Å². The Morgan fingerprint density at radius 2 is 1.88 bits per heavy atom. The Morgan fingerprint density at radius 1 is 1.19 bits per heavy atom. The molecule has 16 heavy (non-hydrogen) atoms. The van der Waals surface area contributed by atoms with Crippen LogP contribution in [-0.2, 0) is 12.0 Å². The Morgan fingerprint density at radius 3 is 2.50 bits per heavy atom. The van der Waals surface area contributed by atoms with Crippen LogP contribution in [-0.4, -0.2) is 0 Å². The Labute approximate surface area is 99.0 Å². The van der Waals surface area contributed by atoms with Crippen molar-refractivity contribution in [1.29, 1.82) is 0 Å². The number of hydrogen-bond donors (Lipinski definition) is 1. The van der Waals surface area contributed by atoms with Crippen LogP contribution in [0.4, 0.5) is 0 Å². The molecule has 1 aliphatic rings. The zero-order chi connectivity index (χ0) is 11.6. The first kappa shape index (κ1) is 11.7. The zero-order valence-corrected chi connectivity index (χ0v) is 10.6. The highest BCUT2D eigenvalue weighted by Gasteiger charge is 2.29. The highest BCUT2D eigenvalue weighted by molar-refractivity contribution is 5.35. The molecule has 0 spiro atoms. The molecule has 1 saturated carbocycles. The van der Waals surface area contributed by atoms with Crippen LogP contribution in [0.25, 0.3) is 0 Å². The van der Waals surface area contributed by atoms with Crippen molar-refractivity contribution < 1.29 is 0 Å². The Hall–Kier alpha value is -0.820. The Bertz CT molecular complexity index is 362. The van der Waals surface area contributed by atoms with Crippen LogP contribution in [0.15, 0.2) is 18.2 Å². The lowest BCUT2D eigenvalue weighted by Crippen LogP contribution is -2.38. The van der Waals surface area contributed by atoms with Gasteiger partial charge in [0, 0.05) is 5.54 Å². The molecular formula is C15H23N. The van der Waals surface area contributed by atoms with E-state index in [4.69, 9.17) is 5.73 Å². The van der Waals surface area contributed by atoms with Gasteiger partial charge in [0.1, 0.15) is 0 Å². The summed E-state index contributed by atoms with van der Waals surface area (Å²) in [5.74, 6) is 0. The zero-order valence-electron chi connectivity index (χ0n) is 10.6. The van der Waals surface area contributed by atoms with Crippen LogP contribution in [0.2, 0.25) is 0 Å². The van der Waals surface area contributed by atoms with E-state index in [9.17, 15) is 0 Å². The lowest BCUT2D eigenvalue weighted by atomic mass is 9.77. The molecule has 0 atom stereocenters. The van der Waals surface area contributed by atoms with Crippen LogP contribution < -0.4 is 5.73 Å². The predicted octanol–water partition coefficient (Wildman–Crippen LogP) is 3.68. The summed E-state index contributed by atoms with van der Waals surface area (Å²) in [6.45, 7) is 4.41. The molecule has 0 unspecified atom stereocenters. The first-order valence-electron chi connectivity index (χ1n) is 6.54. The molecule has 1 fully saturated rings. The maximum absolute atomic E-state index is 6.55. The van der Waals surface area contributed by atoms with Crippen LogP contribution in [0, 0.1) is 6.92 Å². The first-order chi connectivity index (χ1) is 7.65. The quantitative estimate of drug-likeness (QED) is 0.803. The number of rotatable bonds is 2. The SMILES string of the molecule is CCc1cc(C2(N)CCCCC2)ccc1C. The van der Waals surface area contributed by atoms with Gasteiger partial charge in [-0.3, -0.25) is 0 Å². The van der Waals surface area contributed by atoms with Gasteiger partial charge in [-0.05, 0) is 42.9 Å². The maximum atomic E-state index is 6.55. The molecule has 0 radical (unpaired) electrons. The molecule has 1 aliphatic carbocycles. The minimum atomic E-state index is -0.0458. The molecule has 2 N–H and O–H groups in total. The number of benzene rings is 1. The second-order valence-corrected chi connectivity index (χ2v) is 5.21. The molecule has 0 aromatic heterocycles. The molecule has 0 bridgehead atoms. The third-order valence-corrected chi connectivity index (χ3v) is 4.05. The van der Waals surface area contributed by atoms with Crippen LogP contribution in [0.5, 0.6) is 0 Å². The second kappa shape index (κ2) is 4.58. The van der Waals surface area contributed by atoms with Crippen molar-refractivity contribution >= 4 is 0 Å². The molecule has 1 aromatic rings. The van der Waals surface area contributed by atoms with Crippen LogP contribution in [0.1, 0.15) is 55.7 Å². The summed E-state index contributed by atoms with van der Waals surface area (Å²) < 4.78 is 0. The maximum Gasteiger partial charge on any atom is 0.0409 e. The van der Waals surface area contributed by atoms with Gasteiger partial charge in [-0.15, -0.1) is 0 Å². The first-order valence-corrected chi connectivity index (χ1v) is 6.54. The lowest BCUT2D eigenvalue weighted by Gasteiger charge is -2.34. The minimum absolute atomic E-state index is 0.0458. The van der Waals surface area contributed by atoms with Gasteiger partial charge < -0.3 is 5.73 Å². The largest absolute Gasteiger partial charge is 0.321 e. The average molecular weight is 217 g/mol. The van der Waals surface area contributed by atoms with Gasteiger partial charge >= 0.3 is 0 Å². The van der Waals surface area contributed by atoms with Gasteiger partial charge in [-0.1, -0.05) is 44.4 Å². The van der Waals surface area contributed by atoms with Gasteiger partial charge in [0.15, 0.2) is 0 Å². The molecule has 1 aromatic carbocycles. The van der Waals surface area contributed by atoms with Gasteiger partial charge in [-0.25, -0.2) is 0 Å². The third kappa shape index (κ3) is 2.15. The monoisotopic (exact) mass is 217 g/mol. The van der Waals surface area contributed by atoms with Crippen molar-refractivity contribution in [2.45, 2.75) is 57.9 Å². The lowest BCUT2D eigenvalue weighted by molar-refractivity contribution is 0.302. The van der Waals surface area contributed by atoms with E-state index in [0.29, 0.717) is 0 Å². The second-order valence-electron chi connectivity index (χ2n) is 5.21. The van der Waals surface area contributed by atoms with E-state index in [2.05, 4.69) is 32.0 Å². The fraction of sp³-hybridized carbons (Fsp3) is 0.600. The average Bonchev–Trinajstić information content (AvgIpc) is 2.30. The third-order valence-electron chi connectivity index (χ3n) is 4.05. The van der Waals surface area contributed by atoms with E-state index >= 15 is 0 Å². The van der Waals surface area contributed by atoms with Crippen molar-refractivity contribution in [3.63, 3.8) is 0 Å². The van der Waals surface area contributed by atoms with E-state index in [0.717, 1.165) is 19.3 Å². The van der Waals surface area contributed by atoms with Crippen molar-refractivity contribution in [3.05, 3.63) is 34.9 Å². The van der Waals surface area contributed by atoms with Crippen LogP contribution in [0.3, 0.4) is 0 Å². The summed E-state index contributed by atoms with van der Waals surface area (Å²) in [6.07, 6.45) is 7.33. The molecule has 0 aliphatic heterocycles. The summed E-state index contributed by atoms with van der Waals surface area (Å²) in [5, 5.41) is 0. The number of hydrogen-bond acceptors (Lipinski definition) is 1. The van der Waals surface area contributed by atoms with Gasteiger partial charge in [0.05, 0.1) is 0 Å². The molecule has 0 saturated heterocycles. The summed E-state index contributed by atoms with van der Waals surface area (Å²) >= 11 is 0. The molecule has 2 rings (SSSR count). The van der Waals surface area contributed by atoms with Crippen molar-refractivity contribution in [1.82, 2.24) is 0 Å². The van der Waals surface area contributed by atoms with Crippen molar-refractivity contribution in [3.8, 4) is 0 Å².